The van der Waals surface area contributed by atoms with Crippen molar-refractivity contribution >= 4 is 5.91 Å². The molecule has 2 atom stereocenters. The van der Waals surface area contributed by atoms with Gasteiger partial charge in [-0.1, -0.05) is 30.3 Å². The number of hydrogen-bond donors (Lipinski definition) is 2. The lowest BCUT2D eigenvalue weighted by molar-refractivity contribution is -0.144. The first-order valence-corrected chi connectivity index (χ1v) is 7.92. The van der Waals surface area contributed by atoms with E-state index >= 15 is 0 Å². The van der Waals surface area contributed by atoms with Gasteiger partial charge in [0, 0.05) is 19.3 Å². The molecule has 2 heterocycles. The minimum Gasteiger partial charge on any atom is -0.364 e. The van der Waals surface area contributed by atoms with Crippen LogP contribution in [-0.2, 0) is 22.6 Å². The van der Waals surface area contributed by atoms with Crippen molar-refractivity contribution in [2.75, 3.05) is 6.54 Å². The lowest BCUT2D eigenvalue weighted by atomic mass is 10.1. The van der Waals surface area contributed by atoms with E-state index in [1.54, 1.807) is 6.20 Å². The number of nitrogens with two attached hydrogens (primary N) is 1. The van der Waals surface area contributed by atoms with Crippen LogP contribution in [0.4, 0.5) is 0 Å². The highest BCUT2D eigenvalue weighted by atomic mass is 16.5. The molecule has 1 amide bonds. The van der Waals surface area contributed by atoms with Crippen molar-refractivity contribution in [3.8, 4) is 0 Å². The van der Waals surface area contributed by atoms with E-state index in [9.17, 15) is 4.79 Å². The summed E-state index contributed by atoms with van der Waals surface area (Å²) in [6.07, 6.45) is 2.87. The molecule has 0 radical (unpaired) electrons. The second-order valence-corrected chi connectivity index (χ2v) is 5.82. The van der Waals surface area contributed by atoms with Crippen LogP contribution in [0.15, 0.2) is 42.6 Å². The van der Waals surface area contributed by atoms with Gasteiger partial charge >= 0.3 is 0 Å². The third-order valence-corrected chi connectivity index (χ3v) is 4.09. The standard InChI is InChI=1S/C17H22N4O2/c18-10-15-6-7-16(23-15)17(22)21(12-14-8-9-19-20-14)11-13-4-2-1-3-5-13/h1-5,8-9,15-16H,6-7,10-12,18H2,(H,19,20)/t15-,16+/m1/s1. The van der Waals surface area contributed by atoms with Gasteiger partial charge in [0.1, 0.15) is 6.10 Å². The molecule has 0 spiro atoms. The molecule has 3 N–H and O–H groups in total. The van der Waals surface area contributed by atoms with Gasteiger partial charge in [0.15, 0.2) is 0 Å². The van der Waals surface area contributed by atoms with Crippen LogP contribution in [0.25, 0.3) is 0 Å². The SMILES string of the molecule is NC[C@H]1CC[C@@H](C(=O)N(Cc2ccccc2)Cc2ccn[nH]2)O1. The maximum atomic E-state index is 12.9. The van der Waals surface area contributed by atoms with E-state index < -0.39 is 6.10 Å². The van der Waals surface area contributed by atoms with Gasteiger partial charge in [0.05, 0.1) is 18.3 Å². The molecule has 1 aliphatic heterocycles. The number of aromatic nitrogens is 2. The fraction of sp³-hybridized carbons (Fsp3) is 0.412. The van der Waals surface area contributed by atoms with Crippen LogP contribution in [0.5, 0.6) is 0 Å². The quantitative estimate of drug-likeness (QED) is 0.845. The summed E-state index contributed by atoms with van der Waals surface area (Å²) in [6.45, 7) is 1.50. The molecule has 23 heavy (non-hydrogen) atoms. The van der Waals surface area contributed by atoms with Crippen LogP contribution in [0.3, 0.4) is 0 Å². The average molecular weight is 314 g/mol. The summed E-state index contributed by atoms with van der Waals surface area (Å²) in [6, 6.07) is 11.8. The molecular formula is C17H22N4O2. The minimum absolute atomic E-state index is 0.00493. The van der Waals surface area contributed by atoms with E-state index in [1.807, 2.05) is 41.3 Å². The molecule has 1 aromatic carbocycles. The highest BCUT2D eigenvalue weighted by Gasteiger charge is 2.33. The Morgan fingerprint density at radius 2 is 2.09 bits per heavy atom. The van der Waals surface area contributed by atoms with E-state index in [0.29, 0.717) is 19.6 Å². The van der Waals surface area contributed by atoms with Crippen LogP contribution in [0.2, 0.25) is 0 Å². The number of hydrogen-bond acceptors (Lipinski definition) is 4. The molecule has 0 aliphatic carbocycles. The highest BCUT2D eigenvalue weighted by Crippen LogP contribution is 2.22. The number of carbonyl (C=O) groups is 1. The first kappa shape index (κ1) is 15.7. The fourth-order valence-electron chi connectivity index (χ4n) is 2.86. The number of ether oxygens (including phenoxy) is 1. The molecule has 1 saturated heterocycles. The van der Waals surface area contributed by atoms with Crippen molar-refractivity contribution in [1.82, 2.24) is 15.1 Å². The summed E-state index contributed by atoms with van der Waals surface area (Å²) in [7, 11) is 0. The van der Waals surface area contributed by atoms with E-state index in [2.05, 4.69) is 10.2 Å². The Balaban J connectivity index is 1.73. The molecule has 6 heteroatoms. The summed E-state index contributed by atoms with van der Waals surface area (Å²) in [5, 5.41) is 6.87. The average Bonchev–Trinajstić information content (AvgIpc) is 3.26. The van der Waals surface area contributed by atoms with Gasteiger partial charge in [0.2, 0.25) is 0 Å². The van der Waals surface area contributed by atoms with Crippen molar-refractivity contribution in [3.63, 3.8) is 0 Å². The van der Waals surface area contributed by atoms with Gasteiger partial charge in [-0.25, -0.2) is 0 Å². The molecule has 3 rings (SSSR count). The predicted octanol–water partition coefficient (Wildman–Crippen LogP) is 1.44. The predicted molar refractivity (Wildman–Crippen MR) is 86.2 cm³/mol. The Kier molecular flexibility index (Phi) is 5.05. The summed E-state index contributed by atoms with van der Waals surface area (Å²) >= 11 is 0. The molecule has 2 aromatic rings. The van der Waals surface area contributed by atoms with Gasteiger partial charge in [0.25, 0.3) is 5.91 Å². The van der Waals surface area contributed by atoms with E-state index in [-0.39, 0.29) is 12.0 Å². The maximum absolute atomic E-state index is 12.9. The maximum Gasteiger partial charge on any atom is 0.252 e. The second kappa shape index (κ2) is 7.39. The minimum atomic E-state index is -0.393. The number of H-pyrrole nitrogens is 1. The van der Waals surface area contributed by atoms with Crippen LogP contribution in [-0.4, -0.2) is 39.8 Å². The zero-order chi connectivity index (χ0) is 16.1. The second-order valence-electron chi connectivity index (χ2n) is 5.82. The molecule has 6 nitrogen and oxygen atoms in total. The Labute approximate surface area is 135 Å². The molecule has 0 saturated carbocycles. The zero-order valence-electron chi connectivity index (χ0n) is 13.0. The molecule has 1 aliphatic rings. The number of carbonyl (C=O) groups excluding carboxylic acids is 1. The lowest BCUT2D eigenvalue weighted by Gasteiger charge is -2.25. The summed E-state index contributed by atoms with van der Waals surface area (Å²) < 4.78 is 5.77. The number of amides is 1. The number of rotatable bonds is 6. The topological polar surface area (TPSA) is 84.2 Å². The van der Waals surface area contributed by atoms with Crippen molar-refractivity contribution in [2.24, 2.45) is 5.73 Å². The summed E-state index contributed by atoms with van der Waals surface area (Å²) in [5.41, 5.74) is 7.64. The Hall–Kier alpha value is -2.18. The largest absolute Gasteiger partial charge is 0.364 e. The number of nitrogens with one attached hydrogen (secondary N) is 1. The third kappa shape index (κ3) is 3.97. The first-order valence-electron chi connectivity index (χ1n) is 7.92. The molecular weight excluding hydrogens is 292 g/mol. The van der Waals surface area contributed by atoms with Gasteiger partial charge in [-0.2, -0.15) is 5.10 Å². The normalized spacial score (nSPS) is 20.6. The van der Waals surface area contributed by atoms with Gasteiger partial charge in [-0.3, -0.25) is 9.89 Å². The Bertz CT molecular complexity index is 615. The van der Waals surface area contributed by atoms with Crippen molar-refractivity contribution in [3.05, 3.63) is 53.9 Å². The highest BCUT2D eigenvalue weighted by molar-refractivity contribution is 5.81. The van der Waals surface area contributed by atoms with Crippen molar-refractivity contribution in [2.45, 2.75) is 38.1 Å². The Morgan fingerprint density at radius 3 is 2.74 bits per heavy atom. The van der Waals surface area contributed by atoms with Crippen LogP contribution in [0.1, 0.15) is 24.1 Å². The van der Waals surface area contributed by atoms with Crippen molar-refractivity contribution < 1.29 is 9.53 Å². The summed E-state index contributed by atoms with van der Waals surface area (Å²) in [4.78, 5) is 14.7. The molecule has 122 valence electrons. The van der Waals surface area contributed by atoms with Gasteiger partial charge in [-0.05, 0) is 24.5 Å². The van der Waals surface area contributed by atoms with E-state index in [1.165, 1.54) is 0 Å². The monoisotopic (exact) mass is 314 g/mol. The van der Waals surface area contributed by atoms with Crippen LogP contribution >= 0.6 is 0 Å². The zero-order valence-corrected chi connectivity index (χ0v) is 13.0. The lowest BCUT2D eigenvalue weighted by Crippen LogP contribution is -2.39. The molecule has 0 unspecified atom stereocenters. The van der Waals surface area contributed by atoms with E-state index in [4.69, 9.17) is 10.5 Å². The fourth-order valence-corrected chi connectivity index (χ4v) is 2.86. The van der Waals surface area contributed by atoms with Gasteiger partial charge in [-0.15, -0.1) is 0 Å². The van der Waals surface area contributed by atoms with Crippen molar-refractivity contribution in [1.29, 1.82) is 0 Å². The first-order chi connectivity index (χ1) is 11.3. The van der Waals surface area contributed by atoms with Crippen LogP contribution in [0, 0.1) is 0 Å². The number of benzene rings is 1. The number of nitrogens with zero attached hydrogens (tertiary/aromatic N) is 2. The number of aromatic amines is 1. The molecule has 1 fully saturated rings. The summed E-state index contributed by atoms with van der Waals surface area (Å²) in [5.74, 6) is 0.0133. The smallest absolute Gasteiger partial charge is 0.252 e. The third-order valence-electron chi connectivity index (χ3n) is 4.09. The molecule has 0 bridgehead atoms. The van der Waals surface area contributed by atoms with Crippen LogP contribution < -0.4 is 5.73 Å². The van der Waals surface area contributed by atoms with E-state index in [0.717, 1.165) is 24.1 Å². The molecule has 1 aromatic heterocycles. The van der Waals surface area contributed by atoms with Gasteiger partial charge < -0.3 is 15.4 Å². The Morgan fingerprint density at radius 1 is 1.26 bits per heavy atom.